The summed E-state index contributed by atoms with van der Waals surface area (Å²) in [5, 5.41) is 10.1. The number of nitrogens with zero attached hydrogens (tertiary/aromatic N) is 1. The van der Waals surface area contributed by atoms with Gasteiger partial charge in [-0.25, -0.2) is 0 Å². The van der Waals surface area contributed by atoms with Crippen molar-refractivity contribution in [2.75, 3.05) is 39.3 Å². The lowest BCUT2D eigenvalue weighted by molar-refractivity contribution is -0.907. The van der Waals surface area contributed by atoms with Crippen LogP contribution in [0.3, 0.4) is 0 Å². The molecule has 1 amide bonds. The number of quaternary nitrogens is 1. The molecule has 23 heavy (non-hydrogen) atoms. The standard InChI is InChI=1S/C17H24N2O4/c1-13(20)15-4-3-5-17(10-15)23-12-16(22)11-18-6-8-19(9-7-18)14(2)21/h3-5,10,16,22H,6-9,11-12H2,1-2H3/p+1/t16-/m0/s1. The molecule has 0 bridgehead atoms. The van der Waals surface area contributed by atoms with E-state index in [1.807, 2.05) is 4.90 Å². The normalized spacial score (nSPS) is 16.9. The zero-order chi connectivity index (χ0) is 16.8. The number of ether oxygens (including phenoxy) is 1. The van der Waals surface area contributed by atoms with Crippen LogP contribution in [0.25, 0.3) is 0 Å². The average Bonchev–Trinajstić information content (AvgIpc) is 2.53. The number of aliphatic hydroxyl groups excluding tert-OH is 1. The molecule has 2 N–H and O–H groups in total. The summed E-state index contributed by atoms with van der Waals surface area (Å²) in [5.41, 5.74) is 0.600. The number of hydrogen-bond donors (Lipinski definition) is 2. The molecule has 1 heterocycles. The highest BCUT2D eigenvalue weighted by molar-refractivity contribution is 5.94. The second kappa shape index (κ2) is 8.08. The lowest BCUT2D eigenvalue weighted by Crippen LogP contribution is -3.15. The number of ketones is 1. The van der Waals surface area contributed by atoms with Gasteiger partial charge in [0.2, 0.25) is 5.91 Å². The van der Waals surface area contributed by atoms with E-state index < -0.39 is 6.10 Å². The Morgan fingerprint density at radius 1 is 1.30 bits per heavy atom. The van der Waals surface area contributed by atoms with Crippen molar-refractivity contribution in [3.05, 3.63) is 29.8 Å². The molecule has 0 saturated carbocycles. The second-order valence-corrected chi connectivity index (χ2v) is 6.01. The summed E-state index contributed by atoms with van der Waals surface area (Å²) in [7, 11) is 0. The van der Waals surface area contributed by atoms with E-state index in [2.05, 4.69) is 0 Å². The van der Waals surface area contributed by atoms with Crippen LogP contribution in [0.5, 0.6) is 5.75 Å². The third-order valence-electron chi connectivity index (χ3n) is 4.12. The maximum Gasteiger partial charge on any atom is 0.219 e. The van der Waals surface area contributed by atoms with E-state index in [0.29, 0.717) is 17.9 Å². The van der Waals surface area contributed by atoms with Crippen LogP contribution >= 0.6 is 0 Å². The van der Waals surface area contributed by atoms with Gasteiger partial charge in [-0.15, -0.1) is 0 Å². The summed E-state index contributed by atoms with van der Waals surface area (Å²) in [4.78, 5) is 25.7. The van der Waals surface area contributed by atoms with E-state index in [4.69, 9.17) is 4.74 Å². The van der Waals surface area contributed by atoms with Crippen LogP contribution in [0.15, 0.2) is 24.3 Å². The van der Waals surface area contributed by atoms with Crippen LogP contribution in [-0.4, -0.2) is 67.1 Å². The largest absolute Gasteiger partial charge is 0.491 e. The smallest absolute Gasteiger partial charge is 0.219 e. The third kappa shape index (κ3) is 5.33. The fraction of sp³-hybridized carbons (Fsp3) is 0.529. The summed E-state index contributed by atoms with van der Waals surface area (Å²) >= 11 is 0. The first kappa shape index (κ1) is 17.4. The molecule has 126 valence electrons. The molecule has 1 aromatic rings. The Morgan fingerprint density at radius 3 is 2.61 bits per heavy atom. The number of carbonyl (C=O) groups is 2. The average molecular weight is 321 g/mol. The van der Waals surface area contributed by atoms with Crippen LogP contribution in [0.2, 0.25) is 0 Å². The van der Waals surface area contributed by atoms with Gasteiger partial charge >= 0.3 is 0 Å². The summed E-state index contributed by atoms with van der Waals surface area (Å²) in [6.07, 6.45) is -0.574. The number of amides is 1. The van der Waals surface area contributed by atoms with Gasteiger partial charge in [-0.05, 0) is 19.1 Å². The van der Waals surface area contributed by atoms with Crippen molar-refractivity contribution in [1.29, 1.82) is 0 Å². The first-order chi connectivity index (χ1) is 11.0. The van der Waals surface area contributed by atoms with Gasteiger partial charge in [0.1, 0.15) is 25.0 Å². The van der Waals surface area contributed by atoms with Crippen LogP contribution < -0.4 is 9.64 Å². The number of aliphatic hydroxyl groups is 1. The van der Waals surface area contributed by atoms with Gasteiger partial charge in [0.15, 0.2) is 5.78 Å². The molecule has 1 saturated heterocycles. The molecular weight excluding hydrogens is 296 g/mol. The topological polar surface area (TPSA) is 71.3 Å². The molecule has 1 atom stereocenters. The van der Waals surface area contributed by atoms with Crippen LogP contribution in [-0.2, 0) is 4.79 Å². The number of piperazine rings is 1. The lowest BCUT2D eigenvalue weighted by Gasteiger charge is -2.32. The highest BCUT2D eigenvalue weighted by atomic mass is 16.5. The fourth-order valence-electron chi connectivity index (χ4n) is 2.73. The summed E-state index contributed by atoms with van der Waals surface area (Å²) < 4.78 is 5.58. The minimum absolute atomic E-state index is 0.0104. The summed E-state index contributed by atoms with van der Waals surface area (Å²) in [6.45, 7) is 7.05. The Kier molecular flexibility index (Phi) is 6.12. The third-order valence-corrected chi connectivity index (χ3v) is 4.12. The Bertz CT molecular complexity index is 553. The van der Waals surface area contributed by atoms with Crippen molar-refractivity contribution in [2.45, 2.75) is 20.0 Å². The molecule has 0 spiro atoms. The number of benzene rings is 1. The molecule has 1 aliphatic rings. The van der Waals surface area contributed by atoms with Crippen LogP contribution in [0.4, 0.5) is 0 Å². The predicted octanol–water partition coefficient (Wildman–Crippen LogP) is -0.624. The number of carbonyl (C=O) groups excluding carboxylic acids is 2. The van der Waals surface area contributed by atoms with Crippen molar-refractivity contribution in [3.8, 4) is 5.75 Å². The monoisotopic (exact) mass is 321 g/mol. The van der Waals surface area contributed by atoms with Crippen molar-refractivity contribution in [1.82, 2.24) is 4.90 Å². The molecule has 1 aromatic carbocycles. The van der Waals surface area contributed by atoms with Crippen molar-refractivity contribution in [2.24, 2.45) is 0 Å². The van der Waals surface area contributed by atoms with Gasteiger partial charge in [0, 0.05) is 12.5 Å². The molecule has 2 rings (SSSR count). The first-order valence-corrected chi connectivity index (χ1v) is 7.96. The number of nitrogens with one attached hydrogen (secondary N) is 1. The Morgan fingerprint density at radius 2 is 2.00 bits per heavy atom. The van der Waals surface area contributed by atoms with Crippen molar-refractivity contribution in [3.63, 3.8) is 0 Å². The van der Waals surface area contributed by atoms with Gasteiger partial charge < -0.3 is 19.6 Å². The van der Waals surface area contributed by atoms with Gasteiger partial charge in [-0.2, -0.15) is 0 Å². The Labute approximate surface area is 136 Å². The SMILES string of the molecule is CC(=O)c1cccc(OC[C@@H](O)C[NH+]2CCN(C(C)=O)CC2)c1. The summed E-state index contributed by atoms with van der Waals surface area (Å²) in [6, 6.07) is 6.97. The van der Waals surface area contributed by atoms with Gasteiger partial charge in [0.25, 0.3) is 0 Å². The zero-order valence-corrected chi connectivity index (χ0v) is 13.7. The van der Waals surface area contributed by atoms with Crippen LogP contribution in [0.1, 0.15) is 24.2 Å². The van der Waals surface area contributed by atoms with E-state index in [-0.39, 0.29) is 18.3 Å². The zero-order valence-electron chi connectivity index (χ0n) is 13.7. The molecule has 0 radical (unpaired) electrons. The minimum Gasteiger partial charge on any atom is -0.491 e. The highest BCUT2D eigenvalue weighted by Crippen LogP contribution is 2.13. The van der Waals surface area contributed by atoms with Gasteiger partial charge in [-0.1, -0.05) is 12.1 Å². The Balaban J connectivity index is 1.75. The number of hydrogen-bond acceptors (Lipinski definition) is 4. The fourth-order valence-corrected chi connectivity index (χ4v) is 2.73. The molecule has 0 unspecified atom stereocenters. The molecule has 0 aliphatic carbocycles. The highest BCUT2D eigenvalue weighted by Gasteiger charge is 2.23. The van der Waals surface area contributed by atoms with Gasteiger partial charge in [0.05, 0.1) is 26.2 Å². The molecule has 6 heteroatoms. The molecular formula is C17H25N2O4+. The van der Waals surface area contributed by atoms with E-state index in [0.717, 1.165) is 26.2 Å². The second-order valence-electron chi connectivity index (χ2n) is 6.01. The molecule has 0 aromatic heterocycles. The van der Waals surface area contributed by atoms with Crippen molar-refractivity contribution >= 4 is 11.7 Å². The lowest BCUT2D eigenvalue weighted by atomic mass is 10.1. The number of rotatable bonds is 6. The molecule has 1 fully saturated rings. The Hall–Kier alpha value is -1.92. The maximum atomic E-state index is 11.3. The first-order valence-electron chi connectivity index (χ1n) is 7.96. The minimum atomic E-state index is -0.574. The predicted molar refractivity (Wildman–Crippen MR) is 85.8 cm³/mol. The summed E-state index contributed by atoms with van der Waals surface area (Å²) in [5.74, 6) is 0.690. The van der Waals surface area contributed by atoms with E-state index in [9.17, 15) is 14.7 Å². The quantitative estimate of drug-likeness (QED) is 0.685. The maximum absolute atomic E-state index is 11.3. The van der Waals surface area contributed by atoms with Crippen LogP contribution in [0, 0.1) is 0 Å². The number of Topliss-reactive ketones (excluding diaryl/α,β-unsaturated/α-hetero) is 1. The van der Waals surface area contributed by atoms with E-state index in [1.165, 1.54) is 11.8 Å². The van der Waals surface area contributed by atoms with Gasteiger partial charge in [-0.3, -0.25) is 9.59 Å². The molecule has 1 aliphatic heterocycles. The van der Waals surface area contributed by atoms with Crippen molar-refractivity contribution < 1.29 is 24.3 Å². The molecule has 6 nitrogen and oxygen atoms in total. The van der Waals surface area contributed by atoms with E-state index >= 15 is 0 Å². The van der Waals surface area contributed by atoms with E-state index in [1.54, 1.807) is 31.2 Å².